The predicted molar refractivity (Wildman–Crippen MR) is 115 cm³/mol. The first-order chi connectivity index (χ1) is 15.8. The molecule has 33 heavy (non-hydrogen) atoms. The number of aromatic nitrogens is 3. The summed E-state index contributed by atoms with van der Waals surface area (Å²) in [7, 11) is 0. The molecular weight excluding hydrogens is 437 g/mol. The highest BCUT2D eigenvalue weighted by Gasteiger charge is 2.35. The molecule has 174 valence electrons. The molecule has 0 radical (unpaired) electrons. The number of fused-ring (bicyclic) bond motifs is 1. The van der Waals surface area contributed by atoms with E-state index in [4.69, 9.17) is 4.74 Å². The van der Waals surface area contributed by atoms with Crippen molar-refractivity contribution >= 4 is 17.4 Å². The fraction of sp³-hybridized carbons (Fsp3) is 0.409. The number of alkyl halides is 1. The van der Waals surface area contributed by atoms with Gasteiger partial charge < -0.3 is 20.7 Å². The minimum absolute atomic E-state index is 0.137. The van der Waals surface area contributed by atoms with Crippen LogP contribution in [0.1, 0.15) is 23.7 Å². The first-order valence-corrected chi connectivity index (χ1v) is 10.7. The van der Waals surface area contributed by atoms with Gasteiger partial charge in [-0.1, -0.05) is 0 Å². The van der Waals surface area contributed by atoms with Crippen molar-refractivity contribution in [1.82, 2.24) is 25.0 Å². The van der Waals surface area contributed by atoms with E-state index in [9.17, 15) is 18.0 Å². The summed E-state index contributed by atoms with van der Waals surface area (Å²) in [6.45, 7) is 3.63. The van der Waals surface area contributed by atoms with Gasteiger partial charge in [0.05, 0.1) is 36.7 Å². The van der Waals surface area contributed by atoms with E-state index < -0.39 is 29.4 Å². The van der Waals surface area contributed by atoms with Crippen LogP contribution in [0.15, 0.2) is 30.6 Å². The number of carbonyl (C=O) groups excluding carboxylic acids is 1. The van der Waals surface area contributed by atoms with Crippen LogP contribution in [-0.4, -0.2) is 64.3 Å². The third-order valence-corrected chi connectivity index (χ3v) is 5.92. The molecule has 11 heteroatoms. The summed E-state index contributed by atoms with van der Waals surface area (Å²) in [5.41, 5.74) is 0.521. The Bertz CT molecular complexity index is 1210. The van der Waals surface area contributed by atoms with Crippen molar-refractivity contribution in [3.63, 3.8) is 0 Å². The topological polar surface area (TPSA) is 92.6 Å². The molecule has 1 amide bonds. The molecule has 0 aromatic carbocycles. The van der Waals surface area contributed by atoms with E-state index in [0.717, 1.165) is 6.07 Å². The van der Waals surface area contributed by atoms with Crippen LogP contribution >= 0.6 is 0 Å². The standard InChI is InChI=1S/C22H23F3N6O2/c1-22(10-33-11-22)30-21(32)12-3-5-31-17(9-27-18(31)6-12)19-14(24)7-15(25)20(29-19)28-16-8-26-4-2-13(16)23/h3,5-7,9,13,16,26H,2,4,8,10-11H2,1H3,(H,28,29)(H,30,32)/t13-,16-/m0/s1. The Morgan fingerprint density at radius 1 is 1.30 bits per heavy atom. The fourth-order valence-electron chi connectivity index (χ4n) is 4.01. The predicted octanol–water partition coefficient (Wildman–Crippen LogP) is 2.31. The third kappa shape index (κ3) is 4.13. The van der Waals surface area contributed by atoms with Crippen molar-refractivity contribution in [3.05, 3.63) is 47.8 Å². The first kappa shape index (κ1) is 21.7. The number of amides is 1. The fourth-order valence-corrected chi connectivity index (χ4v) is 4.01. The lowest BCUT2D eigenvalue weighted by molar-refractivity contribution is -0.0593. The average molecular weight is 460 g/mol. The molecule has 2 saturated heterocycles. The number of ether oxygens (including phenoxy) is 1. The van der Waals surface area contributed by atoms with Gasteiger partial charge in [0, 0.05) is 24.4 Å². The molecule has 2 aliphatic rings. The van der Waals surface area contributed by atoms with Crippen molar-refractivity contribution in [1.29, 1.82) is 0 Å². The smallest absolute Gasteiger partial charge is 0.252 e. The Morgan fingerprint density at radius 3 is 2.85 bits per heavy atom. The molecule has 0 spiro atoms. The zero-order valence-corrected chi connectivity index (χ0v) is 17.9. The van der Waals surface area contributed by atoms with Gasteiger partial charge in [0.15, 0.2) is 17.5 Å². The van der Waals surface area contributed by atoms with Crippen molar-refractivity contribution in [2.24, 2.45) is 0 Å². The molecule has 5 heterocycles. The Labute approximate surface area is 187 Å². The van der Waals surface area contributed by atoms with Crippen LogP contribution < -0.4 is 16.0 Å². The molecule has 2 atom stereocenters. The summed E-state index contributed by atoms with van der Waals surface area (Å²) in [4.78, 5) is 20.9. The van der Waals surface area contributed by atoms with Gasteiger partial charge in [-0.05, 0) is 32.0 Å². The van der Waals surface area contributed by atoms with Crippen LogP contribution in [0.2, 0.25) is 0 Å². The van der Waals surface area contributed by atoms with E-state index >= 15 is 0 Å². The molecule has 8 nitrogen and oxygen atoms in total. The number of nitrogens with zero attached hydrogens (tertiary/aromatic N) is 3. The van der Waals surface area contributed by atoms with Crippen LogP contribution in [0.3, 0.4) is 0 Å². The van der Waals surface area contributed by atoms with Gasteiger partial charge >= 0.3 is 0 Å². The number of anilines is 1. The van der Waals surface area contributed by atoms with Crippen LogP contribution in [0.4, 0.5) is 19.0 Å². The van der Waals surface area contributed by atoms with E-state index in [1.165, 1.54) is 6.20 Å². The molecule has 0 bridgehead atoms. The number of carbonyl (C=O) groups is 1. The number of imidazole rings is 1. The molecular formula is C22H23F3N6O2. The maximum absolute atomic E-state index is 14.7. The second-order valence-corrected chi connectivity index (χ2v) is 8.70. The molecule has 3 aromatic rings. The molecule has 3 N–H and O–H groups in total. The van der Waals surface area contributed by atoms with Gasteiger partial charge in [-0.3, -0.25) is 9.20 Å². The molecule has 0 saturated carbocycles. The van der Waals surface area contributed by atoms with Gasteiger partial charge in [0.2, 0.25) is 0 Å². The van der Waals surface area contributed by atoms with Crippen molar-refractivity contribution in [2.75, 3.05) is 31.6 Å². The van der Waals surface area contributed by atoms with Gasteiger partial charge in [-0.25, -0.2) is 23.1 Å². The highest BCUT2D eigenvalue weighted by Crippen LogP contribution is 2.27. The zero-order chi connectivity index (χ0) is 23.2. The third-order valence-electron chi connectivity index (χ3n) is 5.92. The quantitative estimate of drug-likeness (QED) is 0.541. The van der Waals surface area contributed by atoms with E-state index in [-0.39, 0.29) is 23.1 Å². The highest BCUT2D eigenvalue weighted by molar-refractivity contribution is 5.95. The van der Waals surface area contributed by atoms with E-state index in [0.29, 0.717) is 43.9 Å². The Kier molecular flexibility index (Phi) is 5.45. The molecule has 5 rings (SSSR count). The number of hydrogen-bond donors (Lipinski definition) is 3. The Morgan fingerprint density at radius 2 is 2.12 bits per heavy atom. The van der Waals surface area contributed by atoms with Crippen LogP contribution in [0.25, 0.3) is 17.0 Å². The van der Waals surface area contributed by atoms with Crippen molar-refractivity contribution < 1.29 is 22.7 Å². The largest absolute Gasteiger partial charge is 0.376 e. The molecule has 3 aromatic heterocycles. The summed E-state index contributed by atoms with van der Waals surface area (Å²) in [5, 5.41) is 8.71. The Balaban J connectivity index is 1.44. The SMILES string of the molecule is CC1(NC(=O)c2ccn3c(-c4nc(N[C@H]5CNCC[C@@H]5F)c(F)cc4F)cnc3c2)COC1. The van der Waals surface area contributed by atoms with Gasteiger partial charge in [0.25, 0.3) is 5.91 Å². The molecule has 0 unspecified atom stereocenters. The summed E-state index contributed by atoms with van der Waals surface area (Å²) in [5.74, 6) is -2.29. The summed E-state index contributed by atoms with van der Waals surface area (Å²) in [6, 6.07) is 3.20. The highest BCUT2D eigenvalue weighted by atomic mass is 19.1. The molecule has 0 aliphatic carbocycles. The van der Waals surface area contributed by atoms with Crippen LogP contribution in [-0.2, 0) is 4.74 Å². The van der Waals surface area contributed by atoms with Crippen LogP contribution in [0, 0.1) is 11.6 Å². The first-order valence-electron chi connectivity index (χ1n) is 10.7. The minimum atomic E-state index is -1.17. The number of piperidine rings is 1. The van der Waals surface area contributed by atoms with Gasteiger partial charge in [-0.15, -0.1) is 0 Å². The Hall–Kier alpha value is -3.18. The normalized spacial score (nSPS) is 22.1. The van der Waals surface area contributed by atoms with Gasteiger partial charge in [-0.2, -0.15) is 0 Å². The number of hydrogen-bond acceptors (Lipinski definition) is 6. The molecule has 2 fully saturated rings. The number of nitrogens with one attached hydrogen (secondary N) is 3. The number of rotatable bonds is 5. The van der Waals surface area contributed by atoms with E-state index in [1.807, 2.05) is 6.92 Å². The lowest BCUT2D eigenvalue weighted by Crippen LogP contribution is -2.59. The lowest BCUT2D eigenvalue weighted by Gasteiger charge is -2.38. The molecule has 2 aliphatic heterocycles. The summed E-state index contributed by atoms with van der Waals surface area (Å²) in [6.07, 6.45) is 2.09. The number of halogens is 3. The minimum Gasteiger partial charge on any atom is -0.376 e. The van der Waals surface area contributed by atoms with E-state index in [2.05, 4.69) is 25.9 Å². The van der Waals surface area contributed by atoms with E-state index in [1.54, 1.807) is 22.7 Å². The van der Waals surface area contributed by atoms with Gasteiger partial charge in [0.1, 0.15) is 17.5 Å². The van der Waals surface area contributed by atoms with Crippen LogP contribution in [0.5, 0.6) is 0 Å². The second-order valence-electron chi connectivity index (χ2n) is 8.70. The lowest BCUT2D eigenvalue weighted by atomic mass is 10.00. The average Bonchev–Trinajstić information content (AvgIpc) is 3.19. The van der Waals surface area contributed by atoms with Crippen molar-refractivity contribution in [2.45, 2.75) is 31.1 Å². The maximum Gasteiger partial charge on any atom is 0.252 e. The number of pyridine rings is 2. The summed E-state index contributed by atoms with van der Waals surface area (Å²) < 4.78 is 50.0. The second kappa shape index (κ2) is 8.31. The summed E-state index contributed by atoms with van der Waals surface area (Å²) >= 11 is 0. The maximum atomic E-state index is 14.7. The monoisotopic (exact) mass is 460 g/mol. The van der Waals surface area contributed by atoms with Crippen molar-refractivity contribution in [3.8, 4) is 11.4 Å². The zero-order valence-electron chi connectivity index (χ0n) is 17.9.